The van der Waals surface area contributed by atoms with Crippen LogP contribution in [0.25, 0.3) is 0 Å². The molecule has 21 heavy (non-hydrogen) atoms. The molecule has 2 aromatic carbocycles. The number of halogens is 1. The maximum atomic E-state index is 11.8. The van der Waals surface area contributed by atoms with Crippen molar-refractivity contribution in [1.82, 2.24) is 0 Å². The van der Waals surface area contributed by atoms with E-state index in [1.807, 2.05) is 0 Å². The van der Waals surface area contributed by atoms with Crippen molar-refractivity contribution < 1.29 is 19.0 Å². The van der Waals surface area contributed by atoms with E-state index in [2.05, 4.69) is 5.32 Å². The molecule has 0 unspecified atom stereocenters. The molecule has 0 radical (unpaired) electrons. The summed E-state index contributed by atoms with van der Waals surface area (Å²) in [5, 5.41) is 3.16. The molecule has 5 nitrogen and oxygen atoms in total. The highest BCUT2D eigenvalue weighted by atomic mass is 35.5. The molecule has 0 saturated carbocycles. The highest BCUT2D eigenvalue weighted by Crippen LogP contribution is 2.35. The summed E-state index contributed by atoms with van der Waals surface area (Å²) in [5.41, 5.74) is 0.554. The van der Waals surface area contributed by atoms with Crippen LogP contribution in [0.15, 0.2) is 42.5 Å². The smallest absolute Gasteiger partial charge is 0.262 e. The number of nitrogens with one attached hydrogen (secondary N) is 1. The normalized spacial score (nSPS) is 12.0. The van der Waals surface area contributed by atoms with Gasteiger partial charge in [-0.1, -0.05) is 23.7 Å². The highest BCUT2D eigenvalue weighted by molar-refractivity contribution is 6.33. The fourth-order valence-corrected chi connectivity index (χ4v) is 2.05. The van der Waals surface area contributed by atoms with Gasteiger partial charge in [-0.05, 0) is 24.3 Å². The van der Waals surface area contributed by atoms with Crippen molar-refractivity contribution in [2.45, 2.75) is 0 Å². The van der Waals surface area contributed by atoms with Crippen LogP contribution in [0.3, 0.4) is 0 Å². The standard InChI is InChI=1S/C15H12ClNO4/c16-11-3-1-2-4-12(11)17-15(18)8-19-10-5-6-13-14(7-10)21-9-20-13/h1-7H,8-9H2,(H,17,18). The van der Waals surface area contributed by atoms with Crippen molar-refractivity contribution in [2.24, 2.45) is 0 Å². The van der Waals surface area contributed by atoms with E-state index < -0.39 is 0 Å². The van der Waals surface area contributed by atoms with E-state index in [0.29, 0.717) is 28.0 Å². The van der Waals surface area contributed by atoms with Crippen LogP contribution in [0, 0.1) is 0 Å². The molecule has 0 spiro atoms. The van der Waals surface area contributed by atoms with Gasteiger partial charge >= 0.3 is 0 Å². The van der Waals surface area contributed by atoms with E-state index in [0.717, 1.165) is 0 Å². The van der Waals surface area contributed by atoms with Gasteiger partial charge in [0.1, 0.15) is 5.75 Å². The Morgan fingerprint density at radius 2 is 2.00 bits per heavy atom. The average molecular weight is 306 g/mol. The Morgan fingerprint density at radius 3 is 2.86 bits per heavy atom. The zero-order valence-electron chi connectivity index (χ0n) is 11.0. The van der Waals surface area contributed by atoms with E-state index in [4.69, 9.17) is 25.8 Å². The van der Waals surface area contributed by atoms with E-state index in [9.17, 15) is 4.79 Å². The zero-order valence-corrected chi connectivity index (χ0v) is 11.7. The first kappa shape index (κ1) is 13.6. The van der Waals surface area contributed by atoms with Gasteiger partial charge in [0.25, 0.3) is 5.91 Å². The van der Waals surface area contributed by atoms with Gasteiger partial charge in [0.05, 0.1) is 10.7 Å². The third kappa shape index (κ3) is 3.20. The third-order valence-corrected chi connectivity index (χ3v) is 3.19. The van der Waals surface area contributed by atoms with Crippen LogP contribution < -0.4 is 19.5 Å². The Balaban J connectivity index is 1.58. The summed E-state index contributed by atoms with van der Waals surface area (Å²) in [6.07, 6.45) is 0. The van der Waals surface area contributed by atoms with Gasteiger partial charge in [-0.25, -0.2) is 0 Å². The average Bonchev–Trinajstić information content (AvgIpc) is 2.95. The number of amides is 1. The second-order valence-electron chi connectivity index (χ2n) is 4.33. The summed E-state index contributed by atoms with van der Waals surface area (Å²) in [7, 11) is 0. The van der Waals surface area contributed by atoms with Crippen LogP contribution in [0.2, 0.25) is 5.02 Å². The Kier molecular flexibility index (Phi) is 3.83. The number of ether oxygens (including phenoxy) is 3. The molecular weight excluding hydrogens is 294 g/mol. The lowest BCUT2D eigenvalue weighted by molar-refractivity contribution is -0.118. The molecule has 3 rings (SSSR count). The van der Waals surface area contributed by atoms with Crippen LogP contribution in [0.4, 0.5) is 5.69 Å². The predicted molar refractivity (Wildman–Crippen MR) is 78.1 cm³/mol. The van der Waals surface area contributed by atoms with E-state index in [1.54, 1.807) is 42.5 Å². The molecule has 0 fully saturated rings. The summed E-state index contributed by atoms with van der Waals surface area (Å²) >= 11 is 5.96. The molecule has 0 aromatic heterocycles. The van der Waals surface area contributed by atoms with Crippen molar-refractivity contribution in [3.8, 4) is 17.2 Å². The molecule has 1 N–H and O–H groups in total. The summed E-state index contributed by atoms with van der Waals surface area (Å²) < 4.78 is 15.9. The molecule has 1 aliphatic heterocycles. The molecule has 108 valence electrons. The van der Waals surface area contributed by atoms with Crippen molar-refractivity contribution in [3.05, 3.63) is 47.5 Å². The van der Waals surface area contributed by atoms with Crippen LogP contribution in [0.5, 0.6) is 17.2 Å². The molecule has 2 aromatic rings. The molecule has 0 saturated heterocycles. The fraction of sp³-hybridized carbons (Fsp3) is 0.133. The van der Waals surface area contributed by atoms with Crippen LogP contribution in [-0.2, 0) is 4.79 Å². The lowest BCUT2D eigenvalue weighted by Gasteiger charge is -2.09. The zero-order chi connectivity index (χ0) is 14.7. The minimum absolute atomic E-state index is 0.120. The first-order valence-electron chi connectivity index (χ1n) is 6.29. The Labute approximate surface area is 126 Å². The largest absolute Gasteiger partial charge is 0.484 e. The molecule has 1 heterocycles. The second-order valence-corrected chi connectivity index (χ2v) is 4.74. The minimum Gasteiger partial charge on any atom is -0.484 e. The number of para-hydroxylation sites is 1. The van der Waals surface area contributed by atoms with Gasteiger partial charge in [-0.15, -0.1) is 0 Å². The van der Waals surface area contributed by atoms with Crippen molar-refractivity contribution in [3.63, 3.8) is 0 Å². The number of carbonyl (C=O) groups is 1. The topological polar surface area (TPSA) is 56.8 Å². The Morgan fingerprint density at radius 1 is 1.19 bits per heavy atom. The van der Waals surface area contributed by atoms with Crippen LogP contribution in [0.1, 0.15) is 0 Å². The Bertz CT molecular complexity index is 674. The summed E-state index contributed by atoms with van der Waals surface area (Å²) in [6, 6.07) is 12.2. The predicted octanol–water partition coefficient (Wildman–Crippen LogP) is 3.09. The quantitative estimate of drug-likeness (QED) is 0.943. The van der Waals surface area contributed by atoms with Gasteiger partial charge < -0.3 is 19.5 Å². The lowest BCUT2D eigenvalue weighted by atomic mass is 10.3. The molecule has 1 amide bonds. The van der Waals surface area contributed by atoms with Gasteiger partial charge in [0.15, 0.2) is 18.1 Å². The molecular formula is C15H12ClNO4. The minimum atomic E-state index is -0.291. The van der Waals surface area contributed by atoms with E-state index >= 15 is 0 Å². The van der Waals surface area contributed by atoms with E-state index in [-0.39, 0.29) is 19.3 Å². The van der Waals surface area contributed by atoms with Gasteiger partial charge in [-0.2, -0.15) is 0 Å². The van der Waals surface area contributed by atoms with Gasteiger partial charge in [0, 0.05) is 6.07 Å². The third-order valence-electron chi connectivity index (χ3n) is 2.86. The monoisotopic (exact) mass is 305 g/mol. The van der Waals surface area contributed by atoms with Gasteiger partial charge in [-0.3, -0.25) is 4.79 Å². The van der Waals surface area contributed by atoms with Crippen molar-refractivity contribution >= 4 is 23.2 Å². The maximum Gasteiger partial charge on any atom is 0.262 e. The number of anilines is 1. The van der Waals surface area contributed by atoms with Crippen molar-refractivity contribution in [2.75, 3.05) is 18.7 Å². The first-order chi connectivity index (χ1) is 10.2. The van der Waals surface area contributed by atoms with E-state index in [1.165, 1.54) is 0 Å². The van der Waals surface area contributed by atoms with Crippen molar-refractivity contribution in [1.29, 1.82) is 0 Å². The fourth-order valence-electron chi connectivity index (χ4n) is 1.86. The lowest BCUT2D eigenvalue weighted by Crippen LogP contribution is -2.20. The molecule has 0 aliphatic carbocycles. The SMILES string of the molecule is O=C(COc1ccc2c(c1)OCO2)Nc1ccccc1Cl. The number of hydrogen-bond acceptors (Lipinski definition) is 4. The Hall–Kier alpha value is -2.40. The molecule has 1 aliphatic rings. The summed E-state index contributed by atoms with van der Waals surface area (Å²) in [5.74, 6) is 1.52. The number of carbonyl (C=O) groups excluding carboxylic acids is 1. The number of rotatable bonds is 4. The molecule has 0 atom stereocenters. The first-order valence-corrected chi connectivity index (χ1v) is 6.67. The number of hydrogen-bond donors (Lipinski definition) is 1. The second kappa shape index (κ2) is 5.93. The van der Waals surface area contributed by atoms with Gasteiger partial charge in [0.2, 0.25) is 6.79 Å². The maximum absolute atomic E-state index is 11.8. The molecule has 0 bridgehead atoms. The number of benzene rings is 2. The molecule has 6 heteroatoms. The summed E-state index contributed by atoms with van der Waals surface area (Å²) in [6.45, 7) is 0.0800. The van der Waals surface area contributed by atoms with Crippen LogP contribution >= 0.6 is 11.6 Å². The number of fused-ring (bicyclic) bond motifs is 1. The summed E-state index contributed by atoms with van der Waals surface area (Å²) in [4.78, 5) is 11.8. The van der Waals surface area contributed by atoms with Crippen LogP contribution in [-0.4, -0.2) is 19.3 Å². The highest BCUT2D eigenvalue weighted by Gasteiger charge is 2.14.